The minimum absolute atomic E-state index is 0.151. The highest BCUT2D eigenvalue weighted by atomic mass is 16.5. The number of carbonyl (C=O) groups is 2. The monoisotopic (exact) mass is 325 g/mol. The number of hydrogen-bond acceptors (Lipinski definition) is 3. The first-order chi connectivity index (χ1) is 11.5. The summed E-state index contributed by atoms with van der Waals surface area (Å²) in [7, 11) is 0. The van der Waals surface area contributed by atoms with E-state index < -0.39 is 12.0 Å². The van der Waals surface area contributed by atoms with Crippen LogP contribution in [0.15, 0.2) is 42.5 Å². The number of nitrogens with one attached hydrogen (secondary N) is 1. The second-order valence-electron chi connectivity index (χ2n) is 5.97. The fourth-order valence-electron chi connectivity index (χ4n) is 2.78. The quantitative estimate of drug-likeness (QED) is 0.885. The Bertz CT molecular complexity index is 767. The number of carbonyl (C=O) groups excluding carboxylic acids is 1. The van der Waals surface area contributed by atoms with Gasteiger partial charge >= 0.3 is 5.97 Å². The van der Waals surface area contributed by atoms with Crippen molar-refractivity contribution in [3.63, 3.8) is 0 Å². The highest BCUT2D eigenvalue weighted by Crippen LogP contribution is 2.28. The molecule has 2 N–H and O–H groups in total. The Hall–Kier alpha value is -2.82. The molecule has 0 aliphatic carbocycles. The predicted molar refractivity (Wildman–Crippen MR) is 89.0 cm³/mol. The summed E-state index contributed by atoms with van der Waals surface area (Å²) < 4.78 is 5.43. The van der Waals surface area contributed by atoms with Gasteiger partial charge in [0.25, 0.3) is 0 Å². The van der Waals surface area contributed by atoms with E-state index in [1.54, 1.807) is 18.2 Å². The number of aliphatic carboxylic acids is 1. The molecule has 1 unspecified atom stereocenters. The number of carboxylic acid groups (broad SMARTS) is 1. The fraction of sp³-hybridized carbons (Fsp3) is 0.263. The van der Waals surface area contributed by atoms with Crippen LogP contribution in [0.4, 0.5) is 0 Å². The van der Waals surface area contributed by atoms with Crippen LogP contribution in [0.2, 0.25) is 0 Å². The Morgan fingerprint density at radius 2 is 1.96 bits per heavy atom. The third-order valence-corrected chi connectivity index (χ3v) is 4.08. The number of aryl methyl sites for hydroxylation is 1. The van der Waals surface area contributed by atoms with Crippen molar-refractivity contribution in [3.05, 3.63) is 64.7 Å². The molecule has 5 nitrogen and oxygen atoms in total. The Morgan fingerprint density at radius 3 is 2.67 bits per heavy atom. The fourth-order valence-corrected chi connectivity index (χ4v) is 2.78. The summed E-state index contributed by atoms with van der Waals surface area (Å²) in [4.78, 5) is 23.8. The molecule has 2 aromatic carbocycles. The van der Waals surface area contributed by atoms with Gasteiger partial charge in [0.15, 0.2) is 6.04 Å². The second kappa shape index (κ2) is 6.74. The van der Waals surface area contributed by atoms with Gasteiger partial charge in [-0.15, -0.1) is 0 Å². The topological polar surface area (TPSA) is 75.6 Å². The van der Waals surface area contributed by atoms with Crippen LogP contribution < -0.4 is 10.1 Å². The lowest BCUT2D eigenvalue weighted by molar-refractivity contribution is -0.141. The van der Waals surface area contributed by atoms with Crippen molar-refractivity contribution < 1.29 is 19.4 Å². The SMILES string of the molecule is Cc1ccc(CC(=O)NC(C(=O)O)c2ccc3c(c2)CCO3)cc1. The van der Waals surface area contributed by atoms with Gasteiger partial charge in [0.2, 0.25) is 5.91 Å². The van der Waals surface area contributed by atoms with Gasteiger partial charge in [0.1, 0.15) is 5.75 Å². The van der Waals surface area contributed by atoms with E-state index in [-0.39, 0.29) is 12.3 Å². The van der Waals surface area contributed by atoms with Crippen LogP contribution in [0, 0.1) is 6.92 Å². The van der Waals surface area contributed by atoms with E-state index in [0.717, 1.165) is 28.9 Å². The summed E-state index contributed by atoms with van der Waals surface area (Å²) in [6.45, 7) is 2.58. The number of ether oxygens (including phenoxy) is 1. The zero-order valence-electron chi connectivity index (χ0n) is 13.4. The van der Waals surface area contributed by atoms with Crippen LogP contribution in [-0.2, 0) is 22.4 Å². The van der Waals surface area contributed by atoms with E-state index in [9.17, 15) is 14.7 Å². The summed E-state index contributed by atoms with van der Waals surface area (Å²) >= 11 is 0. The molecule has 124 valence electrons. The van der Waals surface area contributed by atoms with Gasteiger partial charge in [-0.25, -0.2) is 4.79 Å². The van der Waals surface area contributed by atoms with Gasteiger partial charge in [0, 0.05) is 6.42 Å². The Balaban J connectivity index is 1.73. The number of fused-ring (bicyclic) bond motifs is 1. The van der Waals surface area contributed by atoms with E-state index in [4.69, 9.17) is 4.74 Å². The maximum absolute atomic E-state index is 12.2. The highest BCUT2D eigenvalue weighted by molar-refractivity contribution is 5.85. The van der Waals surface area contributed by atoms with Crippen LogP contribution in [0.3, 0.4) is 0 Å². The molecule has 0 saturated carbocycles. The molecule has 3 rings (SSSR count). The summed E-state index contributed by atoms with van der Waals surface area (Å²) in [5, 5.41) is 12.1. The predicted octanol–water partition coefficient (Wildman–Crippen LogP) is 2.41. The van der Waals surface area contributed by atoms with Gasteiger partial charge in [-0.05, 0) is 35.7 Å². The Labute approximate surface area is 140 Å². The van der Waals surface area contributed by atoms with Crippen molar-refractivity contribution in [1.82, 2.24) is 5.32 Å². The number of carboxylic acids is 1. The Kier molecular flexibility index (Phi) is 4.51. The largest absolute Gasteiger partial charge is 0.493 e. The molecule has 0 spiro atoms. The van der Waals surface area contributed by atoms with E-state index in [1.807, 2.05) is 31.2 Å². The minimum Gasteiger partial charge on any atom is -0.493 e. The first-order valence-corrected chi connectivity index (χ1v) is 7.86. The molecular formula is C19H19NO4. The zero-order valence-corrected chi connectivity index (χ0v) is 13.4. The van der Waals surface area contributed by atoms with Crippen LogP contribution >= 0.6 is 0 Å². The first-order valence-electron chi connectivity index (χ1n) is 7.86. The Morgan fingerprint density at radius 1 is 1.21 bits per heavy atom. The van der Waals surface area contributed by atoms with Crippen molar-refractivity contribution in [2.75, 3.05) is 6.61 Å². The molecule has 1 atom stereocenters. The standard InChI is InChI=1S/C19H19NO4/c1-12-2-4-13(5-3-12)10-17(21)20-18(19(22)23)15-6-7-16-14(11-15)8-9-24-16/h2-7,11,18H,8-10H2,1H3,(H,20,21)(H,22,23). The van der Waals surface area contributed by atoms with Gasteiger partial charge in [-0.1, -0.05) is 35.9 Å². The van der Waals surface area contributed by atoms with Crippen molar-refractivity contribution in [2.24, 2.45) is 0 Å². The molecular weight excluding hydrogens is 306 g/mol. The van der Waals surface area contributed by atoms with E-state index in [1.165, 1.54) is 0 Å². The van der Waals surface area contributed by atoms with Gasteiger partial charge in [-0.2, -0.15) is 0 Å². The van der Waals surface area contributed by atoms with E-state index in [2.05, 4.69) is 5.32 Å². The summed E-state index contributed by atoms with van der Waals surface area (Å²) in [5.74, 6) is -0.608. The molecule has 5 heteroatoms. The van der Waals surface area contributed by atoms with Crippen molar-refractivity contribution in [3.8, 4) is 5.75 Å². The molecule has 0 saturated heterocycles. The third kappa shape index (κ3) is 3.56. The highest BCUT2D eigenvalue weighted by Gasteiger charge is 2.24. The molecule has 0 fully saturated rings. The molecule has 1 aliphatic heterocycles. The molecule has 0 aromatic heterocycles. The minimum atomic E-state index is -1.08. The van der Waals surface area contributed by atoms with Crippen molar-refractivity contribution >= 4 is 11.9 Å². The number of hydrogen-bond donors (Lipinski definition) is 2. The summed E-state index contributed by atoms with van der Waals surface area (Å²) in [6.07, 6.45) is 0.908. The molecule has 1 aliphatic rings. The van der Waals surface area contributed by atoms with Crippen molar-refractivity contribution in [2.45, 2.75) is 25.8 Å². The maximum Gasteiger partial charge on any atom is 0.330 e. The molecule has 0 bridgehead atoms. The van der Waals surface area contributed by atoms with Crippen LogP contribution in [0.25, 0.3) is 0 Å². The summed E-state index contributed by atoms with van der Waals surface area (Å²) in [6, 6.07) is 11.8. The summed E-state index contributed by atoms with van der Waals surface area (Å²) in [5.41, 5.74) is 3.50. The molecule has 24 heavy (non-hydrogen) atoms. The van der Waals surface area contributed by atoms with Gasteiger partial charge in [0.05, 0.1) is 13.0 Å². The molecule has 0 radical (unpaired) electrons. The van der Waals surface area contributed by atoms with Crippen molar-refractivity contribution in [1.29, 1.82) is 0 Å². The number of benzene rings is 2. The van der Waals surface area contributed by atoms with Gasteiger partial charge < -0.3 is 15.2 Å². The van der Waals surface area contributed by atoms with Gasteiger partial charge in [-0.3, -0.25) is 4.79 Å². The number of rotatable bonds is 5. The normalized spacial score (nSPS) is 13.7. The van der Waals surface area contributed by atoms with Crippen LogP contribution in [0.5, 0.6) is 5.75 Å². The zero-order chi connectivity index (χ0) is 17.1. The second-order valence-corrected chi connectivity index (χ2v) is 5.97. The average molecular weight is 325 g/mol. The first kappa shape index (κ1) is 16.1. The van der Waals surface area contributed by atoms with E-state index in [0.29, 0.717) is 12.2 Å². The maximum atomic E-state index is 12.2. The van der Waals surface area contributed by atoms with E-state index >= 15 is 0 Å². The lowest BCUT2D eigenvalue weighted by Crippen LogP contribution is -2.34. The van der Waals surface area contributed by atoms with Crippen LogP contribution in [0.1, 0.15) is 28.3 Å². The van der Waals surface area contributed by atoms with Crippen LogP contribution in [-0.4, -0.2) is 23.6 Å². The third-order valence-electron chi connectivity index (χ3n) is 4.08. The lowest BCUT2D eigenvalue weighted by atomic mass is 10.0. The lowest BCUT2D eigenvalue weighted by Gasteiger charge is -2.16. The number of amides is 1. The molecule has 1 amide bonds. The molecule has 1 heterocycles. The smallest absolute Gasteiger partial charge is 0.330 e. The molecule has 2 aromatic rings. The average Bonchev–Trinajstić information content (AvgIpc) is 3.02.